The molecule has 6 rings (SSSR count). The highest BCUT2D eigenvalue weighted by atomic mass is 32.3. The van der Waals surface area contributed by atoms with Crippen LogP contribution in [0.3, 0.4) is 0 Å². The summed E-state index contributed by atoms with van der Waals surface area (Å²) in [6, 6.07) is 17.7. The number of nitrogens with zero attached hydrogens (tertiary/aromatic N) is 4. The van der Waals surface area contributed by atoms with E-state index in [0.29, 0.717) is 11.4 Å². The number of carboxylic acids is 1. The van der Waals surface area contributed by atoms with Gasteiger partial charge in [-0.05, 0) is 77.6 Å². The van der Waals surface area contributed by atoms with Crippen LogP contribution in [0.2, 0.25) is 0 Å². The quantitative estimate of drug-likeness (QED) is 0.278. The molecule has 3 N–H and O–H groups in total. The molecule has 0 saturated heterocycles. The Kier molecular flexibility index (Phi) is 6.50. The van der Waals surface area contributed by atoms with Gasteiger partial charge in [0.15, 0.2) is 0 Å². The highest BCUT2D eigenvalue weighted by molar-refractivity contribution is 8.22. The normalized spacial score (nSPS) is 22.2. The zero-order valence-corrected chi connectivity index (χ0v) is 23.2. The van der Waals surface area contributed by atoms with Gasteiger partial charge < -0.3 is 5.11 Å². The van der Waals surface area contributed by atoms with E-state index in [4.69, 9.17) is 0 Å². The van der Waals surface area contributed by atoms with Crippen LogP contribution in [0.1, 0.15) is 65.1 Å². The van der Waals surface area contributed by atoms with E-state index in [0.717, 1.165) is 58.1 Å². The number of rotatable bonds is 5. The monoisotopic (exact) mass is 546 g/mol. The second kappa shape index (κ2) is 9.75. The average Bonchev–Trinajstić information content (AvgIpc) is 3.47. The third-order valence-corrected chi connectivity index (χ3v) is 10.5. The third-order valence-electron chi connectivity index (χ3n) is 8.45. The Balaban J connectivity index is 1.43. The first-order valence-corrected chi connectivity index (χ1v) is 14.9. The second-order valence-electron chi connectivity index (χ2n) is 11.1. The van der Waals surface area contributed by atoms with Gasteiger partial charge in [-0.2, -0.15) is 4.31 Å². The van der Waals surface area contributed by atoms with E-state index < -0.39 is 16.7 Å². The van der Waals surface area contributed by atoms with Crippen LogP contribution >= 0.6 is 10.8 Å². The fourth-order valence-electron chi connectivity index (χ4n) is 6.54. The maximum Gasteiger partial charge on any atom is 0.304 e. The van der Waals surface area contributed by atoms with Gasteiger partial charge in [-0.3, -0.25) is 13.9 Å². The molecule has 2 heterocycles. The van der Waals surface area contributed by atoms with Crippen molar-refractivity contribution in [2.75, 3.05) is 6.54 Å². The number of benzene rings is 3. The van der Waals surface area contributed by atoms with Crippen molar-refractivity contribution in [2.24, 2.45) is 13.0 Å². The third kappa shape index (κ3) is 4.43. The lowest BCUT2D eigenvalue weighted by molar-refractivity contribution is -0.137. The molecule has 9 heteroatoms. The molecule has 4 aromatic rings. The van der Waals surface area contributed by atoms with Gasteiger partial charge in [0, 0.05) is 19.5 Å². The second-order valence-corrected chi connectivity index (χ2v) is 13.0. The predicted molar refractivity (Wildman–Crippen MR) is 152 cm³/mol. The molecule has 1 aliphatic heterocycles. The lowest BCUT2D eigenvalue weighted by atomic mass is 9.84. The standard InChI is InChI=1S/C30H34N4O4S/c1-18-14-22-6-4-5-7-28(22)39(37,38)34(17-18)26-12-10-20-8-9-21(15-25(20)26)24(16-29(35)36)23-11-13-27-30(19(23)2)31-32-33(27)3/h4-9,11,13,15,18,24,26,37-38H,10,12,14,16-17H2,1-3H3,(H,35,36). The van der Waals surface area contributed by atoms with Crippen molar-refractivity contribution in [3.8, 4) is 0 Å². The minimum absolute atomic E-state index is 0.0562. The number of aryl methyl sites for hydroxylation is 3. The molecule has 1 aliphatic carbocycles. The summed E-state index contributed by atoms with van der Waals surface area (Å²) in [5, 5.41) is 18.3. The highest BCUT2D eigenvalue weighted by Crippen LogP contribution is 2.60. The molecule has 3 atom stereocenters. The molecule has 0 amide bonds. The van der Waals surface area contributed by atoms with Crippen molar-refractivity contribution in [2.45, 2.75) is 56.4 Å². The minimum atomic E-state index is -3.19. The van der Waals surface area contributed by atoms with E-state index in [2.05, 4.69) is 29.4 Å². The van der Waals surface area contributed by atoms with E-state index in [1.54, 1.807) is 4.68 Å². The van der Waals surface area contributed by atoms with Crippen molar-refractivity contribution < 1.29 is 19.0 Å². The van der Waals surface area contributed by atoms with Gasteiger partial charge >= 0.3 is 5.97 Å². The molecule has 1 aromatic heterocycles. The lowest BCUT2D eigenvalue weighted by Gasteiger charge is -2.46. The molecule has 2 aliphatic rings. The van der Waals surface area contributed by atoms with Crippen LogP contribution in [0.25, 0.3) is 11.0 Å². The molecule has 204 valence electrons. The molecule has 8 nitrogen and oxygen atoms in total. The molecule has 39 heavy (non-hydrogen) atoms. The predicted octanol–water partition coefficient (Wildman–Crippen LogP) is 6.09. The fraction of sp³-hybridized carbons (Fsp3) is 0.367. The van der Waals surface area contributed by atoms with E-state index in [1.165, 1.54) is 5.56 Å². The summed E-state index contributed by atoms with van der Waals surface area (Å²) in [7, 11) is -1.35. The summed E-state index contributed by atoms with van der Waals surface area (Å²) in [6.45, 7) is 4.71. The molecule has 0 bridgehead atoms. The van der Waals surface area contributed by atoms with Gasteiger partial charge in [-0.15, -0.1) is 15.9 Å². The fourth-order valence-corrected chi connectivity index (χ4v) is 8.60. The Labute approximate surface area is 229 Å². The van der Waals surface area contributed by atoms with Crippen LogP contribution in [0.5, 0.6) is 0 Å². The van der Waals surface area contributed by atoms with Gasteiger partial charge in [0.25, 0.3) is 0 Å². The number of aromatic nitrogens is 3. The zero-order chi connectivity index (χ0) is 27.5. The zero-order valence-electron chi connectivity index (χ0n) is 22.4. The Hall–Kier alpha value is -3.24. The summed E-state index contributed by atoms with van der Waals surface area (Å²) in [5.74, 6) is -0.986. The van der Waals surface area contributed by atoms with Crippen molar-refractivity contribution in [3.05, 3.63) is 88.0 Å². The maximum absolute atomic E-state index is 12.1. The maximum atomic E-state index is 12.1. The summed E-state index contributed by atoms with van der Waals surface area (Å²) < 4.78 is 27.0. The SMILES string of the molecule is Cc1c(C(CC(=O)O)c2ccc3c(c2)C(N2CC(C)Cc4ccccc4S2(O)O)CC3)ccc2c1nnn2C. The first-order chi connectivity index (χ1) is 18.6. The highest BCUT2D eigenvalue weighted by Gasteiger charge is 2.40. The lowest BCUT2D eigenvalue weighted by Crippen LogP contribution is -2.33. The van der Waals surface area contributed by atoms with E-state index in [-0.39, 0.29) is 24.3 Å². The van der Waals surface area contributed by atoms with Crippen molar-refractivity contribution in [1.29, 1.82) is 0 Å². The smallest absolute Gasteiger partial charge is 0.304 e. The molecule has 0 spiro atoms. The van der Waals surface area contributed by atoms with E-state index in [1.807, 2.05) is 60.7 Å². The van der Waals surface area contributed by atoms with Gasteiger partial charge in [-0.25, -0.2) is 4.68 Å². The van der Waals surface area contributed by atoms with Crippen molar-refractivity contribution >= 4 is 27.8 Å². The molecule has 3 unspecified atom stereocenters. The number of hydrogen-bond acceptors (Lipinski definition) is 6. The molecule has 3 aromatic carbocycles. The summed E-state index contributed by atoms with van der Waals surface area (Å²) in [6.07, 6.45) is 2.38. The summed E-state index contributed by atoms with van der Waals surface area (Å²) >= 11 is 0. The number of fused-ring (bicyclic) bond motifs is 3. The molecular weight excluding hydrogens is 512 g/mol. The molecule has 0 radical (unpaired) electrons. The summed E-state index contributed by atoms with van der Waals surface area (Å²) in [4.78, 5) is 12.7. The van der Waals surface area contributed by atoms with Gasteiger partial charge in [-0.1, -0.05) is 54.6 Å². The molecule has 0 fully saturated rings. The van der Waals surface area contributed by atoms with Crippen LogP contribution in [-0.2, 0) is 24.7 Å². The number of hydrogen-bond donors (Lipinski definition) is 3. The Morgan fingerprint density at radius 3 is 2.72 bits per heavy atom. The van der Waals surface area contributed by atoms with Crippen molar-refractivity contribution in [3.63, 3.8) is 0 Å². The molecule has 0 saturated carbocycles. The average molecular weight is 547 g/mol. The van der Waals surface area contributed by atoms with Crippen LogP contribution in [0.15, 0.2) is 59.5 Å². The van der Waals surface area contributed by atoms with Gasteiger partial charge in [0.1, 0.15) is 5.52 Å². The Morgan fingerprint density at radius 1 is 1.13 bits per heavy atom. The van der Waals surface area contributed by atoms with E-state index in [9.17, 15) is 19.0 Å². The first-order valence-electron chi connectivity index (χ1n) is 13.4. The molecular formula is C30H34N4O4S. The van der Waals surface area contributed by atoms with Crippen LogP contribution in [-0.4, -0.2) is 46.0 Å². The van der Waals surface area contributed by atoms with Crippen LogP contribution in [0, 0.1) is 12.8 Å². The Bertz CT molecular complexity index is 1580. The Morgan fingerprint density at radius 2 is 1.92 bits per heavy atom. The van der Waals surface area contributed by atoms with Gasteiger partial charge in [0.2, 0.25) is 0 Å². The van der Waals surface area contributed by atoms with Gasteiger partial charge in [0.05, 0.1) is 22.9 Å². The topological polar surface area (TPSA) is 112 Å². The van der Waals surface area contributed by atoms with Crippen molar-refractivity contribution in [1.82, 2.24) is 19.3 Å². The van der Waals surface area contributed by atoms with Crippen LogP contribution in [0.4, 0.5) is 0 Å². The summed E-state index contributed by atoms with van der Waals surface area (Å²) in [5.41, 5.74) is 7.67. The number of carboxylic acid groups (broad SMARTS) is 1. The first kappa shape index (κ1) is 26.0. The number of carbonyl (C=O) groups is 1. The minimum Gasteiger partial charge on any atom is -0.481 e. The largest absolute Gasteiger partial charge is 0.481 e. The number of aliphatic carboxylic acids is 1. The van der Waals surface area contributed by atoms with Crippen LogP contribution < -0.4 is 0 Å². The van der Waals surface area contributed by atoms with E-state index >= 15 is 0 Å².